The van der Waals surface area contributed by atoms with Crippen LogP contribution in [0.15, 0.2) is 18.2 Å². The molecule has 1 aromatic rings. The van der Waals surface area contributed by atoms with Crippen LogP contribution in [0.1, 0.15) is 24.5 Å². The number of rotatable bonds is 5. The molecule has 0 aliphatic rings. The molecule has 0 heterocycles. The molecule has 0 amide bonds. The molecule has 96 valence electrons. The molecule has 1 aromatic carbocycles. The van der Waals surface area contributed by atoms with E-state index < -0.39 is 15.9 Å². The number of hydrogen-bond acceptors (Lipinski definition) is 3. The number of hydrogen-bond donors (Lipinski definition) is 1. The summed E-state index contributed by atoms with van der Waals surface area (Å²) in [6, 6.07) is 4.16. The van der Waals surface area contributed by atoms with Crippen molar-refractivity contribution in [3.63, 3.8) is 0 Å². The molecule has 0 saturated carbocycles. The summed E-state index contributed by atoms with van der Waals surface area (Å²) in [5, 5.41) is 9.87. The molecule has 3 nitrogen and oxygen atoms in total. The lowest BCUT2D eigenvalue weighted by Crippen LogP contribution is -2.06. The van der Waals surface area contributed by atoms with Crippen LogP contribution in [-0.4, -0.2) is 25.5 Å². The second-order valence-electron chi connectivity index (χ2n) is 3.95. The molecular formula is C11H14FIO3S. The van der Waals surface area contributed by atoms with Gasteiger partial charge in [0.15, 0.2) is 0 Å². The van der Waals surface area contributed by atoms with Gasteiger partial charge in [-0.1, -0.05) is 6.07 Å². The number of halogens is 2. The third-order valence-corrected chi connectivity index (χ3v) is 4.28. The van der Waals surface area contributed by atoms with Crippen molar-refractivity contribution in [3.05, 3.63) is 33.1 Å². The van der Waals surface area contributed by atoms with E-state index in [2.05, 4.69) is 0 Å². The highest BCUT2D eigenvalue weighted by Crippen LogP contribution is 2.24. The van der Waals surface area contributed by atoms with E-state index in [1.165, 1.54) is 24.5 Å². The normalized spacial score (nSPS) is 13.6. The van der Waals surface area contributed by atoms with Crippen LogP contribution in [0.2, 0.25) is 0 Å². The van der Waals surface area contributed by atoms with Crippen molar-refractivity contribution in [1.29, 1.82) is 0 Å². The van der Waals surface area contributed by atoms with E-state index in [-0.39, 0.29) is 11.6 Å². The molecule has 0 spiro atoms. The fourth-order valence-electron chi connectivity index (χ4n) is 1.47. The van der Waals surface area contributed by atoms with Crippen molar-refractivity contribution < 1.29 is 17.9 Å². The first kappa shape index (κ1) is 14.8. The second kappa shape index (κ2) is 6.10. The Balaban J connectivity index is 2.61. The first-order valence-electron chi connectivity index (χ1n) is 5.10. The van der Waals surface area contributed by atoms with Gasteiger partial charge in [0.2, 0.25) is 0 Å². The van der Waals surface area contributed by atoms with Gasteiger partial charge >= 0.3 is 0 Å². The zero-order chi connectivity index (χ0) is 13.1. The highest BCUT2D eigenvalue weighted by atomic mass is 127. The van der Waals surface area contributed by atoms with Gasteiger partial charge in [0.25, 0.3) is 0 Å². The zero-order valence-corrected chi connectivity index (χ0v) is 12.3. The molecule has 0 radical (unpaired) electrons. The number of sulfone groups is 1. The summed E-state index contributed by atoms with van der Waals surface area (Å²) in [5.74, 6) is -0.288. The minimum Gasteiger partial charge on any atom is -0.388 e. The lowest BCUT2D eigenvalue weighted by Gasteiger charge is -2.12. The number of aliphatic hydroxyl groups excluding tert-OH is 1. The Kier molecular flexibility index (Phi) is 5.33. The predicted molar refractivity (Wildman–Crippen MR) is 73.0 cm³/mol. The topological polar surface area (TPSA) is 54.4 Å². The summed E-state index contributed by atoms with van der Waals surface area (Å²) in [4.78, 5) is 0. The number of aliphatic hydroxyl groups is 1. The molecule has 1 rings (SSSR count). The lowest BCUT2D eigenvalue weighted by molar-refractivity contribution is 0.166. The molecule has 1 unspecified atom stereocenters. The van der Waals surface area contributed by atoms with Crippen LogP contribution in [0.5, 0.6) is 0 Å². The van der Waals surface area contributed by atoms with Crippen LogP contribution < -0.4 is 0 Å². The fourth-order valence-corrected chi connectivity index (χ4v) is 2.99. The maximum atomic E-state index is 12.9. The fraction of sp³-hybridized carbons (Fsp3) is 0.455. The minimum absolute atomic E-state index is 0.0574. The smallest absolute Gasteiger partial charge is 0.147 e. The Morgan fingerprint density at radius 1 is 1.47 bits per heavy atom. The summed E-state index contributed by atoms with van der Waals surface area (Å²) in [6.45, 7) is 0. The average molecular weight is 372 g/mol. The van der Waals surface area contributed by atoms with Gasteiger partial charge < -0.3 is 5.11 Å². The van der Waals surface area contributed by atoms with Gasteiger partial charge in [-0.3, -0.25) is 0 Å². The van der Waals surface area contributed by atoms with Gasteiger partial charge in [0.1, 0.15) is 15.7 Å². The Labute approximate surface area is 114 Å². The average Bonchev–Trinajstić information content (AvgIpc) is 2.15. The van der Waals surface area contributed by atoms with E-state index in [0.717, 1.165) is 0 Å². The minimum atomic E-state index is -2.99. The molecule has 1 atom stereocenters. The molecular weight excluding hydrogens is 358 g/mol. The zero-order valence-electron chi connectivity index (χ0n) is 9.36. The molecule has 1 N–H and O–H groups in total. The van der Waals surface area contributed by atoms with E-state index in [9.17, 15) is 17.9 Å². The van der Waals surface area contributed by atoms with Crippen molar-refractivity contribution in [2.75, 3.05) is 12.0 Å². The molecule has 0 aromatic heterocycles. The van der Waals surface area contributed by atoms with Crippen molar-refractivity contribution in [1.82, 2.24) is 0 Å². The quantitative estimate of drug-likeness (QED) is 0.807. The van der Waals surface area contributed by atoms with Crippen LogP contribution in [0, 0.1) is 9.39 Å². The maximum absolute atomic E-state index is 12.9. The summed E-state index contributed by atoms with van der Waals surface area (Å²) in [6.07, 6.45) is 1.17. The molecule has 17 heavy (non-hydrogen) atoms. The van der Waals surface area contributed by atoms with Gasteiger partial charge in [0.05, 0.1) is 6.10 Å². The van der Waals surface area contributed by atoms with E-state index in [1.54, 1.807) is 0 Å². The highest BCUT2D eigenvalue weighted by molar-refractivity contribution is 14.1. The van der Waals surface area contributed by atoms with Crippen LogP contribution in [0.3, 0.4) is 0 Å². The van der Waals surface area contributed by atoms with E-state index >= 15 is 0 Å². The van der Waals surface area contributed by atoms with Crippen LogP contribution in [-0.2, 0) is 9.84 Å². The second-order valence-corrected chi connectivity index (χ2v) is 7.38. The molecule has 0 saturated heterocycles. The van der Waals surface area contributed by atoms with Gasteiger partial charge in [-0.15, -0.1) is 0 Å². The third-order valence-electron chi connectivity index (χ3n) is 2.31. The predicted octanol–water partition coefficient (Wildman–Crippen LogP) is 2.29. The van der Waals surface area contributed by atoms with Crippen LogP contribution in [0.25, 0.3) is 0 Å². The highest BCUT2D eigenvalue weighted by Gasteiger charge is 2.13. The van der Waals surface area contributed by atoms with Gasteiger partial charge in [-0.05, 0) is 53.1 Å². The molecule has 0 aliphatic carbocycles. The largest absolute Gasteiger partial charge is 0.388 e. The molecule has 0 fully saturated rings. The van der Waals surface area contributed by atoms with Gasteiger partial charge in [0, 0.05) is 15.6 Å². The summed E-state index contributed by atoms with van der Waals surface area (Å²) < 4.78 is 35.4. The summed E-state index contributed by atoms with van der Waals surface area (Å²) in [5.41, 5.74) is 0.639. The summed E-state index contributed by atoms with van der Waals surface area (Å²) in [7, 11) is -2.99. The summed E-state index contributed by atoms with van der Waals surface area (Å²) >= 11 is 1.95. The van der Waals surface area contributed by atoms with Crippen LogP contribution in [0.4, 0.5) is 4.39 Å². The Morgan fingerprint density at radius 3 is 2.65 bits per heavy atom. The Morgan fingerprint density at radius 2 is 2.12 bits per heavy atom. The molecule has 6 heteroatoms. The SMILES string of the molecule is CS(=O)(=O)CCCC(O)c1ccc(F)cc1I. The van der Waals surface area contributed by atoms with Crippen molar-refractivity contribution in [3.8, 4) is 0 Å². The van der Waals surface area contributed by atoms with Crippen molar-refractivity contribution >= 4 is 32.4 Å². The molecule has 0 aliphatic heterocycles. The van der Waals surface area contributed by atoms with Crippen LogP contribution >= 0.6 is 22.6 Å². The standard InChI is InChI=1S/C11H14FIO3S/c1-17(15,16)6-2-3-11(14)9-5-4-8(12)7-10(9)13/h4-5,7,11,14H,2-3,6H2,1H3. The third kappa shape index (κ3) is 5.31. The van der Waals surface area contributed by atoms with E-state index in [1.807, 2.05) is 22.6 Å². The first-order chi connectivity index (χ1) is 7.79. The Bertz CT molecular complexity index is 487. The van der Waals surface area contributed by atoms with E-state index in [0.29, 0.717) is 22.0 Å². The van der Waals surface area contributed by atoms with Crippen molar-refractivity contribution in [2.24, 2.45) is 0 Å². The van der Waals surface area contributed by atoms with Gasteiger partial charge in [-0.2, -0.15) is 0 Å². The monoisotopic (exact) mass is 372 g/mol. The lowest BCUT2D eigenvalue weighted by atomic mass is 10.1. The van der Waals surface area contributed by atoms with Crippen molar-refractivity contribution in [2.45, 2.75) is 18.9 Å². The molecule has 0 bridgehead atoms. The first-order valence-corrected chi connectivity index (χ1v) is 8.24. The van der Waals surface area contributed by atoms with Gasteiger partial charge in [-0.25, -0.2) is 12.8 Å². The Hall–Kier alpha value is -0.210. The number of benzene rings is 1. The van der Waals surface area contributed by atoms with E-state index in [4.69, 9.17) is 0 Å². The maximum Gasteiger partial charge on any atom is 0.147 e.